The molecule has 34 heavy (non-hydrogen) atoms. The fourth-order valence-electron chi connectivity index (χ4n) is 3.84. The molecule has 0 radical (unpaired) electrons. The number of benzene rings is 4. The summed E-state index contributed by atoms with van der Waals surface area (Å²) in [5.74, 6) is -0.621. The van der Waals surface area contributed by atoms with Crippen molar-refractivity contribution in [2.24, 2.45) is 0 Å². The zero-order chi connectivity index (χ0) is 23.9. The lowest BCUT2D eigenvalue weighted by Gasteiger charge is -2.12. The highest BCUT2D eigenvalue weighted by Gasteiger charge is 2.11. The molecule has 4 rings (SSSR count). The molecule has 0 aliphatic carbocycles. The molecule has 170 valence electrons. The molecular formula is C30H26O4. The van der Waals surface area contributed by atoms with Crippen LogP contribution in [-0.4, -0.2) is 25.2 Å². The molecular weight excluding hydrogens is 424 g/mol. The van der Waals surface area contributed by atoms with E-state index in [2.05, 4.69) is 36.4 Å². The van der Waals surface area contributed by atoms with Crippen molar-refractivity contribution < 1.29 is 19.1 Å². The fourth-order valence-corrected chi connectivity index (χ4v) is 3.84. The zero-order valence-electron chi connectivity index (χ0n) is 19.3. The quantitative estimate of drug-likeness (QED) is 0.283. The molecule has 0 N–H and O–H groups in total. The number of ether oxygens (including phenoxy) is 2. The van der Waals surface area contributed by atoms with E-state index < -0.39 is 0 Å². The molecule has 0 bridgehead atoms. The van der Waals surface area contributed by atoms with Crippen LogP contribution in [0, 0.1) is 0 Å². The van der Waals surface area contributed by atoms with Crippen LogP contribution in [-0.2, 0) is 9.47 Å². The average molecular weight is 451 g/mol. The molecule has 0 saturated heterocycles. The van der Waals surface area contributed by atoms with Gasteiger partial charge in [-0.2, -0.15) is 0 Å². The van der Waals surface area contributed by atoms with Gasteiger partial charge in [0.2, 0.25) is 0 Å². The summed E-state index contributed by atoms with van der Waals surface area (Å²) in [6, 6.07) is 31.5. The molecule has 0 amide bonds. The third-order valence-corrected chi connectivity index (χ3v) is 5.56. The van der Waals surface area contributed by atoms with Crippen molar-refractivity contribution in [3.63, 3.8) is 0 Å². The Morgan fingerprint density at radius 3 is 1.21 bits per heavy atom. The Hall–Kier alpha value is -4.18. The first-order chi connectivity index (χ1) is 16.6. The minimum Gasteiger partial charge on any atom is -0.462 e. The third kappa shape index (κ3) is 5.07. The van der Waals surface area contributed by atoms with Crippen molar-refractivity contribution >= 4 is 11.9 Å². The van der Waals surface area contributed by atoms with Gasteiger partial charge in [-0.05, 0) is 71.5 Å². The lowest BCUT2D eigenvalue weighted by atomic mass is 9.93. The second-order valence-corrected chi connectivity index (χ2v) is 7.72. The van der Waals surface area contributed by atoms with E-state index in [0.29, 0.717) is 24.3 Å². The first-order valence-electron chi connectivity index (χ1n) is 11.3. The summed E-state index contributed by atoms with van der Waals surface area (Å²) in [5.41, 5.74) is 7.50. The Balaban J connectivity index is 1.58. The number of esters is 2. The first-order valence-corrected chi connectivity index (χ1v) is 11.3. The van der Waals surface area contributed by atoms with Gasteiger partial charge in [-0.15, -0.1) is 0 Å². The predicted molar refractivity (Wildman–Crippen MR) is 135 cm³/mol. The van der Waals surface area contributed by atoms with Crippen LogP contribution in [0.15, 0.2) is 97.1 Å². The normalized spacial score (nSPS) is 10.5. The monoisotopic (exact) mass is 450 g/mol. The van der Waals surface area contributed by atoms with Crippen LogP contribution >= 0.6 is 0 Å². The number of rotatable bonds is 7. The van der Waals surface area contributed by atoms with Gasteiger partial charge >= 0.3 is 11.9 Å². The van der Waals surface area contributed by atoms with Crippen LogP contribution in [0.4, 0.5) is 0 Å². The SMILES string of the molecule is CCOC(=O)c1ccc(-c2ccc(-c3ccccc3-c3ccc(C(=O)OCC)cc3)cc2)cc1. The Morgan fingerprint density at radius 2 is 0.824 bits per heavy atom. The molecule has 0 atom stereocenters. The number of carbonyl (C=O) groups is 2. The number of carbonyl (C=O) groups excluding carboxylic acids is 2. The predicted octanol–water partition coefficient (Wildman–Crippen LogP) is 7.04. The fraction of sp³-hybridized carbons (Fsp3) is 0.133. The second kappa shape index (κ2) is 10.6. The minimum absolute atomic E-state index is 0.309. The van der Waals surface area contributed by atoms with E-state index in [1.165, 1.54) is 0 Å². The standard InChI is InChI=1S/C30H26O4/c1-3-33-29(31)25-17-11-22(12-18-25)21-9-13-23(14-10-21)27-7-5-6-8-28(27)24-15-19-26(20-16-24)30(32)34-4-2/h5-20H,3-4H2,1-2H3. The summed E-state index contributed by atoms with van der Waals surface area (Å²) in [6.45, 7) is 4.31. The molecule has 0 aromatic heterocycles. The molecule has 4 aromatic carbocycles. The molecule has 0 fully saturated rings. The Bertz CT molecular complexity index is 1270. The summed E-state index contributed by atoms with van der Waals surface area (Å²) in [7, 11) is 0. The van der Waals surface area contributed by atoms with E-state index in [9.17, 15) is 9.59 Å². The Labute approximate surface area is 199 Å². The largest absolute Gasteiger partial charge is 0.462 e. The van der Waals surface area contributed by atoms with Crippen LogP contribution in [0.1, 0.15) is 34.6 Å². The van der Waals surface area contributed by atoms with Gasteiger partial charge in [-0.25, -0.2) is 9.59 Å². The molecule has 0 spiro atoms. The smallest absolute Gasteiger partial charge is 0.338 e. The van der Waals surface area contributed by atoms with Gasteiger partial charge in [0.25, 0.3) is 0 Å². The van der Waals surface area contributed by atoms with Gasteiger partial charge in [-0.3, -0.25) is 0 Å². The molecule has 0 unspecified atom stereocenters. The molecule has 4 nitrogen and oxygen atoms in total. The number of hydrogen-bond donors (Lipinski definition) is 0. The number of hydrogen-bond acceptors (Lipinski definition) is 4. The molecule has 0 aliphatic heterocycles. The molecule has 4 heteroatoms. The molecule has 0 saturated carbocycles. The van der Waals surface area contributed by atoms with Crippen molar-refractivity contribution in [1.29, 1.82) is 0 Å². The highest BCUT2D eigenvalue weighted by Crippen LogP contribution is 2.33. The summed E-state index contributed by atoms with van der Waals surface area (Å²) in [4.78, 5) is 23.8. The topological polar surface area (TPSA) is 52.6 Å². The van der Waals surface area contributed by atoms with E-state index in [0.717, 1.165) is 33.4 Å². The lowest BCUT2D eigenvalue weighted by molar-refractivity contribution is 0.0517. The zero-order valence-corrected chi connectivity index (χ0v) is 19.3. The summed E-state index contributed by atoms with van der Waals surface area (Å²) in [5, 5.41) is 0. The average Bonchev–Trinajstić information content (AvgIpc) is 2.89. The van der Waals surface area contributed by atoms with Crippen molar-refractivity contribution in [2.75, 3.05) is 13.2 Å². The Kier molecular flexibility index (Phi) is 7.19. The maximum absolute atomic E-state index is 12.0. The van der Waals surface area contributed by atoms with Crippen molar-refractivity contribution in [3.05, 3.63) is 108 Å². The van der Waals surface area contributed by atoms with Gasteiger partial charge in [0.05, 0.1) is 24.3 Å². The van der Waals surface area contributed by atoms with Crippen molar-refractivity contribution in [2.45, 2.75) is 13.8 Å². The van der Waals surface area contributed by atoms with Crippen molar-refractivity contribution in [3.8, 4) is 33.4 Å². The summed E-state index contributed by atoms with van der Waals surface area (Å²) >= 11 is 0. The van der Waals surface area contributed by atoms with Gasteiger partial charge in [-0.1, -0.05) is 72.8 Å². The summed E-state index contributed by atoms with van der Waals surface area (Å²) in [6.07, 6.45) is 0. The van der Waals surface area contributed by atoms with Gasteiger partial charge in [0, 0.05) is 0 Å². The maximum Gasteiger partial charge on any atom is 0.338 e. The first kappa shape index (κ1) is 23.0. The van der Waals surface area contributed by atoms with Gasteiger partial charge in [0.1, 0.15) is 0 Å². The van der Waals surface area contributed by atoms with E-state index >= 15 is 0 Å². The van der Waals surface area contributed by atoms with E-state index in [4.69, 9.17) is 9.47 Å². The highest BCUT2D eigenvalue weighted by molar-refractivity contribution is 5.91. The lowest BCUT2D eigenvalue weighted by Crippen LogP contribution is -2.04. The Morgan fingerprint density at radius 1 is 0.500 bits per heavy atom. The summed E-state index contributed by atoms with van der Waals surface area (Å²) < 4.78 is 10.1. The van der Waals surface area contributed by atoms with Crippen LogP contribution < -0.4 is 0 Å². The van der Waals surface area contributed by atoms with Crippen LogP contribution in [0.2, 0.25) is 0 Å². The van der Waals surface area contributed by atoms with E-state index in [1.54, 1.807) is 38.1 Å². The van der Waals surface area contributed by atoms with Crippen molar-refractivity contribution in [1.82, 2.24) is 0 Å². The van der Waals surface area contributed by atoms with Crippen LogP contribution in [0.3, 0.4) is 0 Å². The van der Waals surface area contributed by atoms with Gasteiger partial charge < -0.3 is 9.47 Å². The second-order valence-electron chi connectivity index (χ2n) is 7.72. The van der Waals surface area contributed by atoms with Crippen LogP contribution in [0.25, 0.3) is 33.4 Å². The molecule has 4 aromatic rings. The minimum atomic E-state index is -0.312. The highest BCUT2D eigenvalue weighted by atomic mass is 16.5. The van der Waals surface area contributed by atoms with Crippen LogP contribution in [0.5, 0.6) is 0 Å². The third-order valence-electron chi connectivity index (χ3n) is 5.56. The molecule has 0 heterocycles. The van der Waals surface area contributed by atoms with E-state index in [-0.39, 0.29) is 11.9 Å². The van der Waals surface area contributed by atoms with Gasteiger partial charge in [0.15, 0.2) is 0 Å². The van der Waals surface area contributed by atoms with E-state index in [1.807, 2.05) is 36.4 Å². The molecule has 0 aliphatic rings. The maximum atomic E-state index is 12.0.